The van der Waals surface area contributed by atoms with Gasteiger partial charge < -0.3 is 5.32 Å². The van der Waals surface area contributed by atoms with Crippen LogP contribution in [0.3, 0.4) is 0 Å². The van der Waals surface area contributed by atoms with Gasteiger partial charge in [-0.15, -0.1) is 0 Å². The minimum Gasteiger partial charge on any atom is -0.320 e. The highest BCUT2D eigenvalue weighted by molar-refractivity contribution is 6.01. The number of carbonyl (C=O) groups is 1. The first-order valence-corrected chi connectivity index (χ1v) is 6.51. The summed E-state index contributed by atoms with van der Waals surface area (Å²) in [5.41, 5.74) is 5.41. The maximum absolute atomic E-state index is 11.8. The molecule has 0 fully saturated rings. The van der Waals surface area contributed by atoms with Crippen LogP contribution in [-0.2, 0) is 11.8 Å². The molecule has 4 heteroatoms. The lowest BCUT2D eigenvalue weighted by atomic mass is 10.0. The van der Waals surface area contributed by atoms with Crippen LogP contribution >= 0.6 is 0 Å². The molecule has 0 saturated carbocycles. The maximum Gasteiger partial charge on any atom is 0.248 e. The normalized spacial score (nSPS) is 11.0. The van der Waals surface area contributed by atoms with Crippen LogP contribution in [0.4, 0.5) is 5.69 Å². The van der Waals surface area contributed by atoms with Crippen LogP contribution < -0.4 is 5.32 Å². The highest BCUT2D eigenvalue weighted by Gasteiger charge is 2.02. The third kappa shape index (κ3) is 3.35. The van der Waals surface area contributed by atoms with Crippen molar-refractivity contribution in [1.82, 2.24) is 9.78 Å². The van der Waals surface area contributed by atoms with Crippen LogP contribution in [0, 0.1) is 20.8 Å². The van der Waals surface area contributed by atoms with Gasteiger partial charge in [-0.25, -0.2) is 0 Å². The quantitative estimate of drug-likeness (QED) is 0.871. The average molecular weight is 269 g/mol. The van der Waals surface area contributed by atoms with Gasteiger partial charge in [0.15, 0.2) is 0 Å². The molecule has 104 valence electrons. The summed E-state index contributed by atoms with van der Waals surface area (Å²) < 4.78 is 1.65. The Balaban J connectivity index is 2.09. The fourth-order valence-corrected chi connectivity index (χ4v) is 2.00. The predicted octanol–water partition coefficient (Wildman–Crippen LogP) is 3.00. The van der Waals surface area contributed by atoms with Crippen LogP contribution in [0.5, 0.6) is 0 Å². The number of benzene rings is 1. The number of aryl methyl sites for hydroxylation is 4. The second-order valence-corrected chi connectivity index (χ2v) is 5.02. The van der Waals surface area contributed by atoms with Gasteiger partial charge in [-0.3, -0.25) is 9.48 Å². The maximum atomic E-state index is 11.8. The van der Waals surface area contributed by atoms with Crippen molar-refractivity contribution in [3.8, 4) is 0 Å². The minimum atomic E-state index is -0.157. The van der Waals surface area contributed by atoms with E-state index in [0.717, 1.165) is 5.56 Å². The molecule has 1 heterocycles. The first-order chi connectivity index (χ1) is 9.45. The van der Waals surface area contributed by atoms with E-state index in [-0.39, 0.29) is 5.91 Å². The van der Waals surface area contributed by atoms with Crippen molar-refractivity contribution in [2.45, 2.75) is 20.8 Å². The molecule has 0 spiro atoms. The smallest absolute Gasteiger partial charge is 0.248 e. The molecule has 1 amide bonds. The van der Waals surface area contributed by atoms with Crippen LogP contribution in [-0.4, -0.2) is 15.7 Å². The van der Waals surface area contributed by atoms with Crippen molar-refractivity contribution in [2.75, 3.05) is 5.32 Å². The molecule has 0 aliphatic rings. The number of hydrogen-bond donors (Lipinski definition) is 1. The molecule has 4 nitrogen and oxygen atoms in total. The zero-order valence-corrected chi connectivity index (χ0v) is 12.3. The number of nitrogens with one attached hydrogen (secondary N) is 1. The van der Waals surface area contributed by atoms with Crippen molar-refractivity contribution >= 4 is 17.7 Å². The minimum absolute atomic E-state index is 0.157. The van der Waals surface area contributed by atoms with Gasteiger partial charge in [0.1, 0.15) is 0 Å². The van der Waals surface area contributed by atoms with E-state index < -0.39 is 0 Å². The third-order valence-electron chi connectivity index (χ3n) is 3.27. The van der Waals surface area contributed by atoms with E-state index in [0.29, 0.717) is 5.69 Å². The lowest BCUT2D eigenvalue weighted by molar-refractivity contribution is -0.111. The average Bonchev–Trinajstić information content (AvgIpc) is 2.77. The van der Waals surface area contributed by atoms with Gasteiger partial charge in [0.25, 0.3) is 0 Å². The van der Waals surface area contributed by atoms with Crippen molar-refractivity contribution in [3.05, 3.63) is 52.9 Å². The second kappa shape index (κ2) is 5.74. The second-order valence-electron chi connectivity index (χ2n) is 5.02. The van der Waals surface area contributed by atoms with Crippen LogP contribution in [0.1, 0.15) is 22.3 Å². The highest BCUT2D eigenvalue weighted by Crippen LogP contribution is 2.16. The molecule has 1 N–H and O–H groups in total. The predicted molar refractivity (Wildman–Crippen MR) is 81.5 cm³/mol. The molecule has 0 aliphatic heterocycles. The molecule has 0 unspecified atom stereocenters. The molecule has 0 atom stereocenters. The molecule has 0 aliphatic carbocycles. The summed E-state index contributed by atoms with van der Waals surface area (Å²) in [4.78, 5) is 11.8. The van der Waals surface area contributed by atoms with Gasteiger partial charge in [0.05, 0.1) is 11.9 Å². The lowest BCUT2D eigenvalue weighted by Gasteiger charge is -2.06. The van der Waals surface area contributed by atoms with Crippen LogP contribution in [0.25, 0.3) is 6.08 Å². The highest BCUT2D eigenvalue weighted by atomic mass is 16.1. The number of rotatable bonds is 3. The van der Waals surface area contributed by atoms with E-state index in [1.807, 2.05) is 20.0 Å². The third-order valence-corrected chi connectivity index (χ3v) is 3.27. The summed E-state index contributed by atoms with van der Waals surface area (Å²) in [6.45, 7) is 6.21. The van der Waals surface area contributed by atoms with E-state index in [1.54, 1.807) is 23.2 Å². The Morgan fingerprint density at radius 1 is 1.20 bits per heavy atom. The van der Waals surface area contributed by atoms with Crippen molar-refractivity contribution in [3.63, 3.8) is 0 Å². The molecule has 0 bridgehead atoms. The number of anilines is 1. The summed E-state index contributed by atoms with van der Waals surface area (Å²) in [6, 6.07) is 4.23. The van der Waals surface area contributed by atoms with E-state index >= 15 is 0 Å². The van der Waals surface area contributed by atoms with Crippen molar-refractivity contribution in [1.29, 1.82) is 0 Å². The number of carbonyl (C=O) groups excluding carboxylic acids is 1. The van der Waals surface area contributed by atoms with E-state index in [4.69, 9.17) is 0 Å². The van der Waals surface area contributed by atoms with Gasteiger partial charge in [-0.1, -0.05) is 12.1 Å². The Bertz CT molecular complexity index is 668. The Hall–Kier alpha value is -2.36. The fraction of sp³-hybridized carbons (Fsp3) is 0.250. The molecule has 0 radical (unpaired) electrons. The summed E-state index contributed by atoms with van der Waals surface area (Å²) >= 11 is 0. The molecular formula is C16H19N3O. The van der Waals surface area contributed by atoms with Gasteiger partial charge in [-0.2, -0.15) is 5.10 Å². The fourth-order valence-electron chi connectivity index (χ4n) is 2.00. The van der Waals surface area contributed by atoms with Crippen LogP contribution in [0.2, 0.25) is 0 Å². The molecule has 1 aromatic heterocycles. The summed E-state index contributed by atoms with van der Waals surface area (Å²) in [5, 5.41) is 6.77. The molecule has 2 rings (SSSR count). The Morgan fingerprint density at radius 3 is 2.55 bits per heavy atom. The SMILES string of the molecule is Cc1cc(C)c(/C=C/C(=O)Nc2cnn(C)c2)cc1C. The molecule has 20 heavy (non-hydrogen) atoms. The zero-order valence-electron chi connectivity index (χ0n) is 12.3. The molecular weight excluding hydrogens is 250 g/mol. The molecule has 2 aromatic rings. The van der Waals surface area contributed by atoms with Crippen molar-refractivity contribution < 1.29 is 4.79 Å². The summed E-state index contributed by atoms with van der Waals surface area (Å²) in [5.74, 6) is -0.157. The molecule has 1 aromatic carbocycles. The van der Waals surface area contributed by atoms with Gasteiger partial charge >= 0.3 is 0 Å². The zero-order chi connectivity index (χ0) is 14.7. The first-order valence-electron chi connectivity index (χ1n) is 6.51. The topological polar surface area (TPSA) is 46.9 Å². The first kappa shape index (κ1) is 14.1. The number of hydrogen-bond acceptors (Lipinski definition) is 2. The van der Waals surface area contributed by atoms with E-state index in [2.05, 4.69) is 36.4 Å². The lowest BCUT2D eigenvalue weighted by Crippen LogP contribution is -2.07. The van der Waals surface area contributed by atoms with Gasteiger partial charge in [-0.05, 0) is 49.1 Å². The molecule has 0 saturated heterocycles. The van der Waals surface area contributed by atoms with Gasteiger partial charge in [0, 0.05) is 19.3 Å². The Labute approximate surface area is 119 Å². The van der Waals surface area contributed by atoms with Gasteiger partial charge in [0.2, 0.25) is 5.91 Å². The summed E-state index contributed by atoms with van der Waals surface area (Å²) in [6.07, 6.45) is 6.76. The van der Waals surface area contributed by atoms with Crippen LogP contribution in [0.15, 0.2) is 30.6 Å². The Morgan fingerprint density at radius 2 is 1.90 bits per heavy atom. The Kier molecular flexibility index (Phi) is 4.03. The van der Waals surface area contributed by atoms with E-state index in [1.165, 1.54) is 16.7 Å². The number of amides is 1. The van der Waals surface area contributed by atoms with E-state index in [9.17, 15) is 4.79 Å². The van der Waals surface area contributed by atoms with Crippen molar-refractivity contribution in [2.24, 2.45) is 7.05 Å². The summed E-state index contributed by atoms with van der Waals surface area (Å²) in [7, 11) is 1.81. The standard InChI is InChI=1S/C16H19N3O/c1-11-7-13(3)14(8-12(11)2)5-6-16(20)18-15-9-17-19(4)10-15/h5-10H,1-4H3,(H,18,20)/b6-5+. The number of aromatic nitrogens is 2. The largest absolute Gasteiger partial charge is 0.320 e. The monoisotopic (exact) mass is 269 g/mol. The number of nitrogens with zero attached hydrogens (tertiary/aromatic N) is 2.